The van der Waals surface area contributed by atoms with E-state index in [-0.39, 0.29) is 0 Å². The Morgan fingerprint density at radius 2 is 1.39 bits per heavy atom. The van der Waals surface area contributed by atoms with Gasteiger partial charge in [-0.15, -0.1) is 0 Å². The molecular formula is C17H30N2O4. The van der Waals surface area contributed by atoms with Crippen molar-refractivity contribution in [2.24, 2.45) is 5.73 Å². The number of urea groups is 1. The zero-order chi connectivity index (χ0) is 17.3. The number of hydrogen-bond acceptors (Lipinski definition) is 4. The van der Waals surface area contributed by atoms with Gasteiger partial charge in [-0.25, -0.2) is 9.59 Å². The van der Waals surface area contributed by atoms with Gasteiger partial charge < -0.3 is 10.5 Å². The lowest BCUT2D eigenvalue weighted by Crippen LogP contribution is -2.33. The van der Waals surface area contributed by atoms with E-state index < -0.39 is 17.9 Å². The van der Waals surface area contributed by atoms with Crippen molar-refractivity contribution < 1.29 is 19.1 Å². The highest BCUT2D eigenvalue weighted by molar-refractivity contribution is 6.02. The van der Waals surface area contributed by atoms with Crippen molar-refractivity contribution in [1.82, 2.24) is 5.32 Å². The lowest BCUT2D eigenvalue weighted by atomic mass is 10.1. The summed E-state index contributed by atoms with van der Waals surface area (Å²) in [6.07, 6.45) is 14.0. The van der Waals surface area contributed by atoms with Crippen LogP contribution in [-0.4, -0.2) is 24.5 Å². The highest BCUT2D eigenvalue weighted by Crippen LogP contribution is 2.10. The van der Waals surface area contributed by atoms with Crippen LogP contribution in [0.2, 0.25) is 0 Å². The molecule has 0 atom stereocenters. The van der Waals surface area contributed by atoms with Gasteiger partial charge in [-0.1, -0.05) is 64.7 Å². The molecule has 3 N–H and O–H groups in total. The predicted molar refractivity (Wildman–Crippen MR) is 89.7 cm³/mol. The predicted octanol–water partition coefficient (Wildman–Crippen LogP) is 3.20. The van der Waals surface area contributed by atoms with Crippen molar-refractivity contribution in [3.05, 3.63) is 12.2 Å². The molecule has 0 spiro atoms. The van der Waals surface area contributed by atoms with E-state index in [1.54, 1.807) is 0 Å². The van der Waals surface area contributed by atoms with Crippen molar-refractivity contribution in [2.75, 3.05) is 6.61 Å². The number of unbranched alkanes of at least 4 members (excludes halogenated alkanes) is 9. The maximum absolute atomic E-state index is 11.3. The van der Waals surface area contributed by atoms with Crippen LogP contribution in [0.4, 0.5) is 4.79 Å². The molecule has 0 aromatic rings. The summed E-state index contributed by atoms with van der Waals surface area (Å²) in [5, 5.41) is 1.82. The first-order chi connectivity index (χ1) is 11.1. The number of rotatable bonds is 13. The van der Waals surface area contributed by atoms with Gasteiger partial charge in [0.05, 0.1) is 6.61 Å². The number of nitrogens with two attached hydrogens (primary N) is 1. The molecule has 3 amide bonds. The third kappa shape index (κ3) is 16.3. The number of amides is 3. The third-order valence-electron chi connectivity index (χ3n) is 3.36. The van der Waals surface area contributed by atoms with Gasteiger partial charge in [0, 0.05) is 12.2 Å². The summed E-state index contributed by atoms with van der Waals surface area (Å²) in [6.45, 7) is 2.57. The molecule has 0 unspecified atom stereocenters. The number of ether oxygens (including phenoxy) is 1. The van der Waals surface area contributed by atoms with Gasteiger partial charge in [-0.05, 0) is 6.42 Å². The van der Waals surface area contributed by atoms with Gasteiger partial charge in [0.15, 0.2) is 0 Å². The minimum atomic E-state index is -0.960. The Morgan fingerprint density at radius 3 is 1.91 bits per heavy atom. The van der Waals surface area contributed by atoms with Gasteiger partial charge in [0.1, 0.15) is 0 Å². The Bertz CT molecular complexity index is 381. The van der Waals surface area contributed by atoms with Crippen LogP contribution in [0.25, 0.3) is 0 Å². The molecule has 0 bridgehead atoms. The quantitative estimate of drug-likeness (QED) is 0.308. The first-order valence-electron chi connectivity index (χ1n) is 8.51. The fourth-order valence-corrected chi connectivity index (χ4v) is 2.12. The maximum Gasteiger partial charge on any atom is 0.330 e. The van der Waals surface area contributed by atoms with E-state index in [2.05, 4.69) is 6.92 Å². The van der Waals surface area contributed by atoms with Gasteiger partial charge in [0.25, 0.3) is 5.91 Å². The Morgan fingerprint density at radius 1 is 0.870 bits per heavy atom. The third-order valence-corrected chi connectivity index (χ3v) is 3.36. The highest BCUT2D eigenvalue weighted by Gasteiger charge is 2.01. The number of carbonyl (C=O) groups is 3. The molecule has 0 aromatic heterocycles. The highest BCUT2D eigenvalue weighted by atomic mass is 16.5. The van der Waals surface area contributed by atoms with Crippen molar-refractivity contribution >= 4 is 17.9 Å². The average molecular weight is 326 g/mol. The molecule has 0 aliphatic rings. The number of carbonyl (C=O) groups excluding carboxylic acids is 3. The second-order valence-electron chi connectivity index (χ2n) is 5.54. The molecule has 0 aromatic carbocycles. The summed E-state index contributed by atoms with van der Waals surface area (Å²) in [5.74, 6) is -1.34. The van der Waals surface area contributed by atoms with Crippen LogP contribution in [0.1, 0.15) is 71.1 Å². The summed E-state index contributed by atoms with van der Waals surface area (Å²) in [5.41, 5.74) is 4.76. The minimum absolute atomic E-state index is 0.344. The number of primary amides is 1. The number of hydrogen-bond donors (Lipinski definition) is 2. The monoisotopic (exact) mass is 326 g/mol. The van der Waals surface area contributed by atoms with Crippen molar-refractivity contribution in [3.8, 4) is 0 Å². The molecule has 0 fully saturated rings. The molecule has 0 saturated carbocycles. The zero-order valence-electron chi connectivity index (χ0n) is 14.1. The maximum atomic E-state index is 11.3. The fourth-order valence-electron chi connectivity index (χ4n) is 2.12. The van der Waals surface area contributed by atoms with E-state index in [4.69, 9.17) is 10.5 Å². The number of nitrogens with one attached hydrogen (secondary N) is 1. The summed E-state index contributed by atoms with van der Waals surface area (Å²) < 4.78 is 4.95. The minimum Gasteiger partial charge on any atom is -0.463 e. The molecule has 23 heavy (non-hydrogen) atoms. The van der Waals surface area contributed by atoms with Crippen LogP contribution in [0.5, 0.6) is 0 Å². The van der Waals surface area contributed by atoms with E-state index in [1.165, 1.54) is 44.9 Å². The lowest BCUT2D eigenvalue weighted by molar-refractivity contribution is -0.138. The largest absolute Gasteiger partial charge is 0.463 e. The smallest absolute Gasteiger partial charge is 0.330 e. The molecular weight excluding hydrogens is 296 g/mol. The number of esters is 1. The SMILES string of the molecule is CCCCCCCCCCCCOC(=O)/C=C/C(=O)NC(N)=O. The Labute approximate surface area is 138 Å². The normalized spacial score (nSPS) is 10.7. The molecule has 0 aliphatic carbocycles. The Kier molecular flexibility index (Phi) is 13.8. The van der Waals surface area contributed by atoms with Gasteiger partial charge in [-0.2, -0.15) is 0 Å². The van der Waals surface area contributed by atoms with E-state index in [1.807, 2.05) is 5.32 Å². The first kappa shape index (κ1) is 21.1. The molecule has 0 rings (SSSR count). The summed E-state index contributed by atoms with van der Waals surface area (Å²) in [6, 6.07) is -0.960. The van der Waals surface area contributed by atoms with Crippen molar-refractivity contribution in [3.63, 3.8) is 0 Å². The Balaban J connectivity index is 3.40. The van der Waals surface area contributed by atoms with Crippen molar-refractivity contribution in [1.29, 1.82) is 0 Å². The Hall–Kier alpha value is -1.85. The van der Waals surface area contributed by atoms with Crippen LogP contribution in [0, 0.1) is 0 Å². The molecule has 0 heterocycles. The zero-order valence-corrected chi connectivity index (χ0v) is 14.1. The molecule has 6 heteroatoms. The van der Waals surface area contributed by atoms with Crippen molar-refractivity contribution in [2.45, 2.75) is 71.1 Å². The molecule has 132 valence electrons. The number of imide groups is 1. The van der Waals surface area contributed by atoms with E-state index >= 15 is 0 Å². The van der Waals surface area contributed by atoms with Gasteiger partial charge in [0.2, 0.25) is 0 Å². The van der Waals surface area contributed by atoms with Crippen LogP contribution in [0.15, 0.2) is 12.2 Å². The first-order valence-corrected chi connectivity index (χ1v) is 8.51. The summed E-state index contributed by atoms with van der Waals surface area (Å²) in [4.78, 5) is 32.7. The molecule has 0 aliphatic heterocycles. The van der Waals surface area contributed by atoms with Gasteiger partial charge in [-0.3, -0.25) is 10.1 Å². The average Bonchev–Trinajstić information content (AvgIpc) is 2.50. The summed E-state index contributed by atoms with van der Waals surface area (Å²) >= 11 is 0. The molecule has 6 nitrogen and oxygen atoms in total. The summed E-state index contributed by atoms with van der Waals surface area (Å²) in [7, 11) is 0. The van der Waals surface area contributed by atoms with E-state index in [0.29, 0.717) is 6.61 Å². The van der Waals surface area contributed by atoms with E-state index in [0.717, 1.165) is 31.4 Å². The second-order valence-corrected chi connectivity index (χ2v) is 5.54. The van der Waals surface area contributed by atoms with Crippen LogP contribution < -0.4 is 11.1 Å². The standard InChI is InChI=1S/C17H30N2O4/c1-2-3-4-5-6-7-8-9-10-11-14-23-16(21)13-12-15(20)19-17(18)22/h12-13H,2-11,14H2,1H3,(H3,18,19,20,22)/b13-12+. The molecule has 0 radical (unpaired) electrons. The van der Waals surface area contributed by atoms with Crippen LogP contribution in [-0.2, 0) is 14.3 Å². The van der Waals surface area contributed by atoms with E-state index in [9.17, 15) is 14.4 Å². The topological polar surface area (TPSA) is 98.5 Å². The fraction of sp³-hybridized carbons (Fsp3) is 0.706. The van der Waals surface area contributed by atoms with Gasteiger partial charge >= 0.3 is 12.0 Å². The lowest BCUT2D eigenvalue weighted by Gasteiger charge is -2.03. The molecule has 0 saturated heterocycles. The van der Waals surface area contributed by atoms with Crippen LogP contribution in [0.3, 0.4) is 0 Å². The second kappa shape index (κ2) is 15.1. The van der Waals surface area contributed by atoms with Crippen LogP contribution >= 0.6 is 0 Å².